The zero-order chi connectivity index (χ0) is 21.0. The minimum Gasteiger partial charge on any atom is -0.348 e. The maximum absolute atomic E-state index is 12.3. The van der Waals surface area contributed by atoms with E-state index in [9.17, 15) is 14.4 Å². The van der Waals surface area contributed by atoms with Crippen molar-refractivity contribution in [2.75, 3.05) is 18.0 Å². The average molecular weight is 434 g/mol. The molecule has 8 heteroatoms. The summed E-state index contributed by atoms with van der Waals surface area (Å²) in [5, 5.41) is 6.36. The highest BCUT2D eigenvalue weighted by molar-refractivity contribution is 6.35. The van der Waals surface area contributed by atoms with Gasteiger partial charge in [-0.15, -0.1) is 0 Å². The Kier molecular flexibility index (Phi) is 6.77. The van der Waals surface area contributed by atoms with Crippen LogP contribution in [0.3, 0.4) is 0 Å². The second kappa shape index (κ2) is 9.29. The van der Waals surface area contributed by atoms with Gasteiger partial charge in [0.1, 0.15) is 0 Å². The predicted molar refractivity (Wildman–Crippen MR) is 113 cm³/mol. The molecule has 1 saturated heterocycles. The monoisotopic (exact) mass is 433 g/mol. The molecule has 0 unspecified atom stereocenters. The van der Waals surface area contributed by atoms with Crippen LogP contribution in [0.25, 0.3) is 0 Å². The number of carbonyl (C=O) groups excluding carboxylic acids is 3. The van der Waals surface area contributed by atoms with Crippen LogP contribution in [0, 0.1) is 0 Å². The van der Waals surface area contributed by atoms with Crippen molar-refractivity contribution in [2.24, 2.45) is 0 Å². The summed E-state index contributed by atoms with van der Waals surface area (Å²) in [4.78, 5) is 37.9. The molecule has 29 heavy (non-hydrogen) atoms. The van der Waals surface area contributed by atoms with E-state index in [0.717, 1.165) is 17.7 Å². The van der Waals surface area contributed by atoms with Crippen LogP contribution in [0.15, 0.2) is 42.5 Å². The van der Waals surface area contributed by atoms with Crippen molar-refractivity contribution in [1.29, 1.82) is 0 Å². The molecule has 0 aromatic heterocycles. The van der Waals surface area contributed by atoms with E-state index < -0.39 is 0 Å². The van der Waals surface area contributed by atoms with Gasteiger partial charge in [-0.25, -0.2) is 0 Å². The maximum Gasteiger partial charge on any atom is 0.251 e. The summed E-state index contributed by atoms with van der Waals surface area (Å²) in [5.74, 6) is -0.610. The van der Waals surface area contributed by atoms with Crippen molar-refractivity contribution in [3.05, 3.63) is 63.6 Å². The number of hydrogen-bond acceptors (Lipinski definition) is 3. The number of nitrogens with zero attached hydrogens (tertiary/aromatic N) is 1. The molecule has 1 aliphatic rings. The van der Waals surface area contributed by atoms with Gasteiger partial charge < -0.3 is 15.5 Å². The van der Waals surface area contributed by atoms with Crippen LogP contribution in [0.5, 0.6) is 0 Å². The van der Waals surface area contributed by atoms with Gasteiger partial charge in [-0.2, -0.15) is 0 Å². The van der Waals surface area contributed by atoms with Crippen molar-refractivity contribution < 1.29 is 14.4 Å². The molecule has 3 amide bonds. The molecule has 0 bridgehead atoms. The first-order valence-corrected chi connectivity index (χ1v) is 10.0. The van der Waals surface area contributed by atoms with Gasteiger partial charge in [-0.1, -0.05) is 29.3 Å². The number of hydrogen-bond donors (Lipinski definition) is 2. The minimum atomic E-state index is -0.364. The normalized spacial score (nSPS) is 14.6. The second-order valence-corrected chi connectivity index (χ2v) is 7.68. The fourth-order valence-corrected chi connectivity index (χ4v) is 3.77. The molecule has 1 heterocycles. The summed E-state index contributed by atoms with van der Waals surface area (Å²) in [5.41, 5.74) is 1.93. The Morgan fingerprint density at radius 3 is 2.48 bits per heavy atom. The molecule has 0 aliphatic carbocycles. The van der Waals surface area contributed by atoms with Crippen molar-refractivity contribution in [3.63, 3.8) is 0 Å². The first-order chi connectivity index (χ1) is 13.8. The Bertz CT molecular complexity index is 931. The van der Waals surface area contributed by atoms with Crippen molar-refractivity contribution in [3.8, 4) is 0 Å². The van der Waals surface area contributed by atoms with Crippen LogP contribution in [-0.4, -0.2) is 30.8 Å². The van der Waals surface area contributed by atoms with Crippen molar-refractivity contribution in [1.82, 2.24) is 10.6 Å². The summed E-state index contributed by atoms with van der Waals surface area (Å²) in [6.45, 7) is 2.33. The molecule has 0 radical (unpaired) electrons. The smallest absolute Gasteiger partial charge is 0.251 e. The highest BCUT2D eigenvalue weighted by Crippen LogP contribution is 2.26. The molecule has 1 atom stereocenters. The number of carbonyl (C=O) groups is 3. The molecule has 2 N–H and O–H groups in total. The third kappa shape index (κ3) is 5.28. The molecule has 2 aromatic carbocycles. The quantitative estimate of drug-likeness (QED) is 0.728. The maximum atomic E-state index is 12.3. The van der Waals surface area contributed by atoms with E-state index in [1.165, 1.54) is 0 Å². The van der Waals surface area contributed by atoms with Crippen LogP contribution in [0.4, 0.5) is 5.69 Å². The van der Waals surface area contributed by atoms with E-state index in [1.54, 1.807) is 54.3 Å². The minimum absolute atomic E-state index is 0.0915. The van der Waals surface area contributed by atoms with E-state index >= 15 is 0 Å². The van der Waals surface area contributed by atoms with Crippen LogP contribution >= 0.6 is 23.2 Å². The molecule has 1 fully saturated rings. The molecule has 3 rings (SSSR count). The third-order valence-electron chi connectivity index (χ3n) is 4.73. The second-order valence-electron chi connectivity index (χ2n) is 6.83. The van der Waals surface area contributed by atoms with E-state index in [1.807, 2.05) is 0 Å². The zero-order valence-corrected chi connectivity index (χ0v) is 17.4. The molecule has 1 aliphatic heterocycles. The molecular formula is C21H21Cl2N3O3. The Labute approximate surface area is 179 Å². The van der Waals surface area contributed by atoms with Gasteiger partial charge in [0.05, 0.1) is 12.6 Å². The summed E-state index contributed by atoms with van der Waals surface area (Å²) in [7, 11) is 0. The lowest BCUT2D eigenvalue weighted by Crippen LogP contribution is -2.38. The topological polar surface area (TPSA) is 78.5 Å². The third-order valence-corrected chi connectivity index (χ3v) is 5.29. The molecule has 152 valence electrons. The highest BCUT2D eigenvalue weighted by Gasteiger charge is 2.21. The first kappa shape index (κ1) is 21.1. The van der Waals surface area contributed by atoms with Gasteiger partial charge in [-0.05, 0) is 55.3 Å². The molecular weight excluding hydrogens is 413 g/mol. The molecule has 6 nitrogen and oxygen atoms in total. The summed E-state index contributed by atoms with van der Waals surface area (Å²) >= 11 is 12.0. The Morgan fingerprint density at radius 2 is 1.86 bits per heavy atom. The van der Waals surface area contributed by atoms with E-state index in [-0.39, 0.29) is 30.3 Å². The van der Waals surface area contributed by atoms with Gasteiger partial charge in [0, 0.05) is 34.3 Å². The average Bonchev–Trinajstić information content (AvgIpc) is 3.12. The van der Waals surface area contributed by atoms with Gasteiger partial charge in [0.15, 0.2) is 0 Å². The number of benzene rings is 2. The number of rotatable bonds is 6. The van der Waals surface area contributed by atoms with Crippen molar-refractivity contribution in [2.45, 2.75) is 25.8 Å². The highest BCUT2D eigenvalue weighted by atomic mass is 35.5. The fourth-order valence-electron chi connectivity index (χ4n) is 3.20. The van der Waals surface area contributed by atoms with Gasteiger partial charge in [0.25, 0.3) is 5.91 Å². The number of nitrogens with one attached hydrogen (secondary N) is 2. The van der Waals surface area contributed by atoms with Gasteiger partial charge in [0.2, 0.25) is 11.8 Å². The SMILES string of the molecule is C[C@@H](NC(=O)CNC(=O)c1ccc(N2CCCC2=O)cc1)c1ccc(Cl)cc1Cl. The Morgan fingerprint density at radius 1 is 1.14 bits per heavy atom. The summed E-state index contributed by atoms with van der Waals surface area (Å²) in [6, 6.07) is 11.5. The summed E-state index contributed by atoms with van der Waals surface area (Å²) < 4.78 is 0. The van der Waals surface area contributed by atoms with Crippen LogP contribution in [0.2, 0.25) is 10.0 Å². The first-order valence-electron chi connectivity index (χ1n) is 9.28. The van der Waals surface area contributed by atoms with Crippen molar-refractivity contribution >= 4 is 46.6 Å². The number of halogens is 2. The largest absolute Gasteiger partial charge is 0.348 e. The Hall–Kier alpha value is -2.57. The predicted octanol–water partition coefficient (Wildman–Crippen LogP) is 3.73. The Balaban J connectivity index is 1.52. The molecule has 0 spiro atoms. The lowest BCUT2D eigenvalue weighted by molar-refractivity contribution is -0.120. The number of anilines is 1. The molecule has 0 saturated carbocycles. The molecule has 2 aromatic rings. The number of amides is 3. The summed E-state index contributed by atoms with van der Waals surface area (Å²) in [6.07, 6.45) is 1.40. The lowest BCUT2D eigenvalue weighted by Gasteiger charge is -2.17. The van der Waals surface area contributed by atoms with Gasteiger partial charge in [-0.3, -0.25) is 14.4 Å². The van der Waals surface area contributed by atoms with E-state index in [0.29, 0.717) is 28.6 Å². The van der Waals surface area contributed by atoms with E-state index in [2.05, 4.69) is 10.6 Å². The zero-order valence-electron chi connectivity index (χ0n) is 15.9. The van der Waals surface area contributed by atoms with E-state index in [4.69, 9.17) is 23.2 Å². The van der Waals surface area contributed by atoms with Gasteiger partial charge >= 0.3 is 0 Å². The van der Waals surface area contributed by atoms with Crippen LogP contribution < -0.4 is 15.5 Å². The fraction of sp³-hybridized carbons (Fsp3) is 0.286. The lowest BCUT2D eigenvalue weighted by atomic mass is 10.1. The van der Waals surface area contributed by atoms with Crippen LogP contribution in [-0.2, 0) is 9.59 Å². The standard InChI is InChI=1S/C21H21Cl2N3O3/c1-13(17-9-6-15(22)11-18(17)23)25-19(27)12-24-21(29)14-4-7-16(8-5-14)26-10-2-3-20(26)28/h4-9,11,13H,2-3,10,12H2,1H3,(H,24,29)(H,25,27)/t13-/m1/s1. The van der Waals surface area contributed by atoms with Crippen LogP contribution in [0.1, 0.15) is 41.7 Å².